The number of hydrogen-bond donors (Lipinski definition) is 1. The van der Waals surface area contributed by atoms with Crippen molar-refractivity contribution < 1.29 is 19.4 Å². The lowest BCUT2D eigenvalue weighted by molar-refractivity contribution is -0.140. The molecule has 0 bridgehead atoms. The monoisotopic (exact) mass is 405 g/mol. The van der Waals surface area contributed by atoms with Crippen LogP contribution in [-0.4, -0.2) is 42.0 Å². The van der Waals surface area contributed by atoms with Gasteiger partial charge in [0, 0.05) is 25.8 Å². The number of nitrogens with zero attached hydrogens (tertiary/aromatic N) is 1. The fourth-order valence-electron chi connectivity index (χ4n) is 4.51. The topological polar surface area (TPSA) is 66.8 Å². The summed E-state index contributed by atoms with van der Waals surface area (Å²) in [5, 5.41) is 11.2. The van der Waals surface area contributed by atoms with Gasteiger partial charge in [0.15, 0.2) is 0 Å². The fraction of sp³-hybridized carbons (Fsp3) is 0.360. The molecule has 0 aromatic heterocycles. The number of Topliss-reactive ketones (excluding diaryl/α,β-unsaturated/α-hetero) is 1. The summed E-state index contributed by atoms with van der Waals surface area (Å²) in [6, 6.07) is 14.7. The maximum Gasteiger partial charge on any atom is 0.295 e. The molecule has 1 unspecified atom stereocenters. The van der Waals surface area contributed by atoms with Crippen LogP contribution in [0.2, 0.25) is 0 Å². The number of methoxy groups -OCH3 is 1. The van der Waals surface area contributed by atoms with Gasteiger partial charge < -0.3 is 14.7 Å². The van der Waals surface area contributed by atoms with Crippen molar-refractivity contribution in [1.29, 1.82) is 0 Å². The summed E-state index contributed by atoms with van der Waals surface area (Å²) in [5.41, 5.74) is 4.10. The lowest BCUT2D eigenvalue weighted by Gasteiger charge is -2.25. The zero-order chi connectivity index (χ0) is 21.1. The number of rotatable bonds is 6. The molecule has 30 heavy (non-hydrogen) atoms. The van der Waals surface area contributed by atoms with Crippen LogP contribution < -0.4 is 0 Å². The Hall–Kier alpha value is -2.92. The van der Waals surface area contributed by atoms with E-state index in [9.17, 15) is 14.7 Å². The van der Waals surface area contributed by atoms with Gasteiger partial charge in [-0.25, -0.2) is 0 Å². The third-order valence-electron chi connectivity index (χ3n) is 6.02. The van der Waals surface area contributed by atoms with Crippen LogP contribution in [0.5, 0.6) is 0 Å². The lowest BCUT2D eigenvalue weighted by Crippen LogP contribution is -2.31. The van der Waals surface area contributed by atoms with Crippen LogP contribution in [0.3, 0.4) is 0 Å². The quantitative estimate of drug-likeness (QED) is 0.341. The number of ether oxygens (including phenoxy) is 1. The first kappa shape index (κ1) is 20.4. The SMILES string of the molecule is COCCCN1C(=O)C(=O)/C(=C(\O)c2ccc3c(c2)CCCC3)C1c1ccccc1. The van der Waals surface area contributed by atoms with Gasteiger partial charge in [0.25, 0.3) is 11.7 Å². The van der Waals surface area contributed by atoms with E-state index in [0.717, 1.165) is 24.8 Å². The van der Waals surface area contributed by atoms with E-state index in [-0.39, 0.29) is 11.3 Å². The van der Waals surface area contributed by atoms with Crippen molar-refractivity contribution >= 4 is 17.4 Å². The molecule has 1 fully saturated rings. The summed E-state index contributed by atoms with van der Waals surface area (Å²) in [6.07, 6.45) is 4.95. The summed E-state index contributed by atoms with van der Waals surface area (Å²) in [6.45, 7) is 0.883. The highest BCUT2D eigenvalue weighted by Crippen LogP contribution is 2.39. The molecule has 2 aliphatic rings. The highest BCUT2D eigenvalue weighted by molar-refractivity contribution is 6.46. The number of aliphatic hydroxyl groups excluding tert-OH is 1. The average Bonchev–Trinajstić information content (AvgIpc) is 3.04. The van der Waals surface area contributed by atoms with Crippen molar-refractivity contribution in [2.24, 2.45) is 0 Å². The van der Waals surface area contributed by atoms with Crippen molar-refractivity contribution in [3.8, 4) is 0 Å². The summed E-state index contributed by atoms with van der Waals surface area (Å²) < 4.78 is 5.12. The van der Waals surface area contributed by atoms with Crippen LogP contribution in [-0.2, 0) is 27.2 Å². The molecule has 4 rings (SSSR count). The minimum Gasteiger partial charge on any atom is -0.507 e. The van der Waals surface area contributed by atoms with Crippen LogP contribution in [0.1, 0.15) is 47.6 Å². The number of ketones is 1. The smallest absolute Gasteiger partial charge is 0.295 e. The van der Waals surface area contributed by atoms with Crippen molar-refractivity contribution in [2.75, 3.05) is 20.3 Å². The van der Waals surface area contributed by atoms with Gasteiger partial charge in [-0.15, -0.1) is 0 Å². The van der Waals surface area contributed by atoms with Gasteiger partial charge in [0.1, 0.15) is 5.76 Å². The zero-order valence-electron chi connectivity index (χ0n) is 17.3. The minimum absolute atomic E-state index is 0.0928. The van der Waals surface area contributed by atoms with E-state index in [4.69, 9.17) is 4.74 Å². The highest BCUT2D eigenvalue weighted by atomic mass is 16.5. The summed E-state index contributed by atoms with van der Waals surface area (Å²) in [5.74, 6) is -1.29. The van der Waals surface area contributed by atoms with Crippen LogP contribution in [0.25, 0.3) is 5.76 Å². The second-order valence-corrected chi connectivity index (χ2v) is 7.94. The Kier molecular flexibility index (Phi) is 6.00. The van der Waals surface area contributed by atoms with Gasteiger partial charge in [-0.3, -0.25) is 9.59 Å². The fourth-order valence-corrected chi connectivity index (χ4v) is 4.51. The zero-order valence-corrected chi connectivity index (χ0v) is 17.3. The van der Waals surface area contributed by atoms with E-state index in [1.807, 2.05) is 48.5 Å². The molecule has 1 amide bonds. The molecule has 1 atom stereocenters. The molecule has 156 valence electrons. The van der Waals surface area contributed by atoms with Gasteiger partial charge in [0.05, 0.1) is 11.6 Å². The molecular weight excluding hydrogens is 378 g/mol. The number of carbonyl (C=O) groups is 2. The molecule has 1 N–H and O–H groups in total. The molecule has 1 aliphatic carbocycles. The third-order valence-corrected chi connectivity index (χ3v) is 6.02. The first-order chi connectivity index (χ1) is 14.6. The predicted octanol–water partition coefficient (Wildman–Crippen LogP) is 4.02. The number of aliphatic hydroxyl groups is 1. The molecular formula is C25H27NO4. The van der Waals surface area contributed by atoms with E-state index >= 15 is 0 Å². The van der Waals surface area contributed by atoms with E-state index in [0.29, 0.717) is 25.1 Å². The molecule has 2 aromatic carbocycles. The van der Waals surface area contributed by atoms with E-state index in [2.05, 4.69) is 0 Å². The third kappa shape index (κ3) is 3.77. The molecule has 2 aromatic rings. The second kappa shape index (κ2) is 8.84. The highest BCUT2D eigenvalue weighted by Gasteiger charge is 2.45. The Labute approximate surface area is 177 Å². The van der Waals surface area contributed by atoms with Crippen LogP contribution >= 0.6 is 0 Å². The first-order valence-electron chi connectivity index (χ1n) is 10.6. The van der Waals surface area contributed by atoms with Crippen molar-refractivity contribution in [3.63, 3.8) is 0 Å². The normalized spacial score (nSPS) is 20.4. The lowest BCUT2D eigenvalue weighted by atomic mass is 9.89. The molecule has 0 saturated carbocycles. The van der Waals surface area contributed by atoms with Crippen LogP contribution in [0.15, 0.2) is 54.1 Å². The summed E-state index contributed by atoms with van der Waals surface area (Å²) in [4.78, 5) is 27.4. The van der Waals surface area contributed by atoms with E-state index < -0.39 is 17.7 Å². The Morgan fingerprint density at radius 2 is 1.80 bits per heavy atom. The molecule has 0 spiro atoms. The van der Waals surface area contributed by atoms with Gasteiger partial charge in [0.2, 0.25) is 0 Å². The molecule has 1 saturated heterocycles. The van der Waals surface area contributed by atoms with Crippen LogP contribution in [0, 0.1) is 0 Å². The number of fused-ring (bicyclic) bond motifs is 1. The minimum atomic E-state index is -0.628. The van der Waals surface area contributed by atoms with E-state index in [1.54, 1.807) is 12.0 Å². The van der Waals surface area contributed by atoms with Crippen molar-refractivity contribution in [3.05, 3.63) is 76.4 Å². The summed E-state index contributed by atoms with van der Waals surface area (Å²) >= 11 is 0. The van der Waals surface area contributed by atoms with Gasteiger partial charge >= 0.3 is 0 Å². The van der Waals surface area contributed by atoms with Crippen molar-refractivity contribution in [1.82, 2.24) is 4.90 Å². The summed E-state index contributed by atoms with van der Waals surface area (Å²) in [7, 11) is 1.61. The Morgan fingerprint density at radius 1 is 1.07 bits per heavy atom. The number of likely N-dealkylation sites (tertiary alicyclic amines) is 1. The number of carbonyl (C=O) groups excluding carboxylic acids is 2. The standard InChI is InChI=1S/C25H27NO4/c1-30-15-7-14-26-22(18-9-3-2-4-10-18)21(24(28)25(26)29)23(27)20-13-12-17-8-5-6-11-19(17)16-20/h2-4,9-10,12-13,16,22,27H,5-8,11,14-15H2,1H3/b23-21-. The molecule has 5 nitrogen and oxygen atoms in total. The Bertz CT molecular complexity index is 980. The number of hydrogen-bond acceptors (Lipinski definition) is 4. The molecule has 0 radical (unpaired) electrons. The number of benzene rings is 2. The molecule has 5 heteroatoms. The first-order valence-corrected chi connectivity index (χ1v) is 10.6. The molecule has 1 aliphatic heterocycles. The largest absolute Gasteiger partial charge is 0.507 e. The number of amides is 1. The average molecular weight is 405 g/mol. The van der Waals surface area contributed by atoms with Gasteiger partial charge in [-0.2, -0.15) is 0 Å². The molecule has 1 heterocycles. The van der Waals surface area contributed by atoms with Gasteiger partial charge in [-0.1, -0.05) is 42.5 Å². The Morgan fingerprint density at radius 3 is 2.53 bits per heavy atom. The maximum atomic E-state index is 13.0. The Balaban J connectivity index is 1.79. The number of aryl methyl sites for hydroxylation is 2. The van der Waals surface area contributed by atoms with Crippen molar-refractivity contribution in [2.45, 2.75) is 38.1 Å². The van der Waals surface area contributed by atoms with Gasteiger partial charge in [-0.05, 0) is 54.9 Å². The van der Waals surface area contributed by atoms with E-state index in [1.165, 1.54) is 17.5 Å². The maximum absolute atomic E-state index is 13.0. The predicted molar refractivity (Wildman–Crippen MR) is 115 cm³/mol. The van der Waals surface area contributed by atoms with Crippen LogP contribution in [0.4, 0.5) is 0 Å². The second-order valence-electron chi connectivity index (χ2n) is 7.94.